The Labute approximate surface area is 160 Å². The molecule has 134 valence electrons. The zero-order chi connectivity index (χ0) is 18.9. The van der Waals surface area contributed by atoms with E-state index in [9.17, 15) is 13.2 Å². The highest BCUT2D eigenvalue weighted by Crippen LogP contribution is 2.34. The zero-order valence-corrected chi connectivity index (χ0v) is 16.4. The third-order valence-electron chi connectivity index (χ3n) is 3.68. The van der Waals surface area contributed by atoms with Crippen molar-refractivity contribution in [3.8, 4) is 0 Å². The number of nitrogens with one attached hydrogen (secondary N) is 1. The minimum Gasteiger partial charge on any atom is -0.298 e. The first-order valence-corrected chi connectivity index (χ1v) is 10.3. The van der Waals surface area contributed by atoms with Gasteiger partial charge in [0.05, 0.1) is 4.90 Å². The fourth-order valence-electron chi connectivity index (χ4n) is 2.21. The molecule has 0 fully saturated rings. The lowest BCUT2D eigenvalue weighted by Crippen LogP contribution is -2.12. The number of benzene rings is 2. The lowest BCUT2D eigenvalue weighted by atomic mass is 10.1. The number of carbonyl (C=O) groups excluding carboxylic acids is 1. The number of amides is 1. The summed E-state index contributed by atoms with van der Waals surface area (Å²) < 4.78 is 25.4. The Morgan fingerprint density at radius 1 is 1.00 bits per heavy atom. The molecule has 3 rings (SSSR count). The topological polar surface area (TPSA) is 76.1 Å². The molecule has 0 unspecified atom stereocenters. The molecule has 0 aliphatic heterocycles. The van der Waals surface area contributed by atoms with Crippen LogP contribution >= 0.6 is 22.9 Å². The molecular formula is C18H15ClN2O3S2. The second kappa shape index (κ2) is 7.19. The lowest BCUT2D eigenvalue weighted by molar-refractivity contribution is 0.102. The highest BCUT2D eigenvalue weighted by Gasteiger charge is 2.26. The summed E-state index contributed by atoms with van der Waals surface area (Å²) in [6.07, 6.45) is 0. The van der Waals surface area contributed by atoms with Gasteiger partial charge in [0.25, 0.3) is 5.91 Å². The summed E-state index contributed by atoms with van der Waals surface area (Å²) in [7, 11) is -3.86. The van der Waals surface area contributed by atoms with E-state index in [0.29, 0.717) is 5.56 Å². The smallest absolute Gasteiger partial charge is 0.257 e. The molecule has 0 atom stereocenters. The van der Waals surface area contributed by atoms with E-state index >= 15 is 0 Å². The van der Waals surface area contributed by atoms with Crippen LogP contribution in [0.4, 0.5) is 5.13 Å². The zero-order valence-electron chi connectivity index (χ0n) is 14.0. The lowest BCUT2D eigenvalue weighted by Gasteiger charge is -2.03. The van der Waals surface area contributed by atoms with Crippen LogP contribution in [0, 0.1) is 13.8 Å². The Morgan fingerprint density at radius 2 is 1.54 bits per heavy atom. The number of rotatable bonds is 4. The standard InChI is InChI=1S/C18H15ClN2O3S2/c1-11-3-7-13(8-4-11)16(22)20-18-21-17(15(19)25-18)26(23,24)14-9-5-12(2)6-10-14/h3-10H,1-2H3,(H,20,21,22). The predicted octanol–water partition coefficient (Wildman–Crippen LogP) is 4.50. The van der Waals surface area contributed by atoms with Crippen molar-refractivity contribution in [2.75, 3.05) is 5.32 Å². The van der Waals surface area contributed by atoms with E-state index in [-0.39, 0.29) is 25.3 Å². The molecule has 0 bridgehead atoms. The molecule has 1 aromatic heterocycles. The number of thiazole rings is 1. The molecule has 8 heteroatoms. The highest BCUT2D eigenvalue weighted by atomic mass is 35.5. The van der Waals surface area contributed by atoms with E-state index in [1.54, 1.807) is 24.3 Å². The van der Waals surface area contributed by atoms with Crippen LogP contribution in [0.25, 0.3) is 0 Å². The van der Waals surface area contributed by atoms with Crippen molar-refractivity contribution < 1.29 is 13.2 Å². The van der Waals surface area contributed by atoms with Gasteiger partial charge in [0.2, 0.25) is 9.84 Å². The minimum absolute atomic E-state index is 0.00443. The van der Waals surface area contributed by atoms with Crippen LogP contribution < -0.4 is 5.32 Å². The molecule has 2 aromatic carbocycles. The monoisotopic (exact) mass is 406 g/mol. The van der Waals surface area contributed by atoms with Crippen LogP contribution in [0.1, 0.15) is 21.5 Å². The van der Waals surface area contributed by atoms with Crippen LogP contribution in [-0.4, -0.2) is 19.3 Å². The molecule has 0 aliphatic carbocycles. The predicted molar refractivity (Wildman–Crippen MR) is 103 cm³/mol. The average Bonchev–Trinajstić information content (AvgIpc) is 2.97. The van der Waals surface area contributed by atoms with Gasteiger partial charge < -0.3 is 0 Å². The maximum Gasteiger partial charge on any atom is 0.257 e. The number of halogens is 1. The maximum absolute atomic E-state index is 12.7. The summed E-state index contributed by atoms with van der Waals surface area (Å²) in [6, 6.07) is 13.4. The Balaban J connectivity index is 1.88. The second-order valence-corrected chi connectivity index (χ2v) is 9.20. The summed E-state index contributed by atoms with van der Waals surface area (Å²) in [5.74, 6) is -0.380. The number of sulfone groups is 1. The maximum atomic E-state index is 12.7. The van der Waals surface area contributed by atoms with Crippen molar-refractivity contribution >= 4 is 43.8 Å². The third-order valence-corrected chi connectivity index (χ3v) is 6.79. The quantitative estimate of drug-likeness (QED) is 0.692. The number of aryl methyl sites for hydroxylation is 2. The first-order valence-electron chi connectivity index (χ1n) is 7.63. The van der Waals surface area contributed by atoms with Crippen molar-refractivity contribution in [1.82, 2.24) is 4.98 Å². The van der Waals surface area contributed by atoms with Gasteiger partial charge in [-0.3, -0.25) is 10.1 Å². The van der Waals surface area contributed by atoms with Crippen molar-refractivity contribution in [3.63, 3.8) is 0 Å². The fourth-order valence-corrected chi connectivity index (χ4v) is 5.01. The number of anilines is 1. The summed E-state index contributed by atoms with van der Waals surface area (Å²) in [6.45, 7) is 3.79. The van der Waals surface area contributed by atoms with Crippen LogP contribution in [0.15, 0.2) is 58.5 Å². The highest BCUT2D eigenvalue weighted by molar-refractivity contribution is 7.91. The number of hydrogen-bond acceptors (Lipinski definition) is 5. The third kappa shape index (κ3) is 3.80. The van der Waals surface area contributed by atoms with Gasteiger partial charge in [-0.15, -0.1) is 0 Å². The van der Waals surface area contributed by atoms with Crippen LogP contribution in [-0.2, 0) is 9.84 Å². The summed E-state index contributed by atoms with van der Waals surface area (Å²) in [4.78, 5) is 16.4. The van der Waals surface area contributed by atoms with Crippen LogP contribution in [0.2, 0.25) is 4.34 Å². The molecule has 5 nitrogen and oxygen atoms in total. The molecule has 0 aliphatic rings. The Hall–Kier alpha value is -2.22. The first kappa shape index (κ1) is 18.6. The van der Waals surface area contributed by atoms with Gasteiger partial charge in [0.1, 0.15) is 4.34 Å². The Bertz CT molecular complexity index is 1060. The number of hydrogen-bond donors (Lipinski definition) is 1. The molecule has 1 amide bonds. The first-order chi connectivity index (χ1) is 12.3. The number of carbonyl (C=O) groups is 1. The van der Waals surface area contributed by atoms with Crippen LogP contribution in [0.5, 0.6) is 0 Å². The van der Waals surface area contributed by atoms with Crippen LogP contribution in [0.3, 0.4) is 0 Å². The van der Waals surface area contributed by atoms with E-state index < -0.39 is 9.84 Å². The largest absolute Gasteiger partial charge is 0.298 e. The molecule has 0 radical (unpaired) electrons. The van der Waals surface area contributed by atoms with E-state index in [1.165, 1.54) is 12.1 Å². The normalized spacial score (nSPS) is 11.3. The molecule has 0 saturated carbocycles. The van der Waals surface area contributed by atoms with Crippen molar-refractivity contribution in [2.24, 2.45) is 0 Å². The number of aromatic nitrogens is 1. The van der Waals surface area contributed by atoms with Crippen molar-refractivity contribution in [1.29, 1.82) is 0 Å². The molecule has 26 heavy (non-hydrogen) atoms. The van der Waals surface area contributed by atoms with E-state index in [4.69, 9.17) is 11.6 Å². The van der Waals surface area contributed by atoms with Gasteiger partial charge in [0, 0.05) is 5.56 Å². The van der Waals surface area contributed by atoms with E-state index in [1.807, 2.05) is 26.0 Å². The van der Waals surface area contributed by atoms with Crippen molar-refractivity contribution in [3.05, 3.63) is 69.6 Å². The van der Waals surface area contributed by atoms with Crippen molar-refractivity contribution in [2.45, 2.75) is 23.8 Å². The van der Waals surface area contributed by atoms with E-state index in [2.05, 4.69) is 10.3 Å². The van der Waals surface area contributed by atoms with Gasteiger partial charge in [0.15, 0.2) is 10.2 Å². The molecule has 1 N–H and O–H groups in total. The summed E-state index contributed by atoms with van der Waals surface area (Å²) in [5, 5.41) is 2.46. The Kier molecular flexibility index (Phi) is 5.13. The van der Waals surface area contributed by atoms with E-state index in [0.717, 1.165) is 22.5 Å². The molecular weight excluding hydrogens is 392 g/mol. The molecule has 0 spiro atoms. The average molecular weight is 407 g/mol. The number of nitrogens with zero attached hydrogens (tertiary/aromatic N) is 1. The van der Waals surface area contributed by atoms with Gasteiger partial charge in [-0.25, -0.2) is 13.4 Å². The summed E-state index contributed by atoms with van der Waals surface area (Å²) >= 11 is 6.99. The van der Waals surface area contributed by atoms with Gasteiger partial charge in [-0.05, 0) is 38.1 Å². The molecule has 0 saturated heterocycles. The fraction of sp³-hybridized carbons (Fsp3) is 0.111. The minimum atomic E-state index is -3.86. The van der Waals surface area contributed by atoms with Gasteiger partial charge >= 0.3 is 0 Å². The molecule has 3 aromatic rings. The van der Waals surface area contributed by atoms with Gasteiger partial charge in [-0.1, -0.05) is 58.3 Å². The Morgan fingerprint density at radius 3 is 2.12 bits per heavy atom. The summed E-state index contributed by atoms with van der Waals surface area (Å²) in [5.41, 5.74) is 2.43. The SMILES string of the molecule is Cc1ccc(C(=O)Nc2nc(S(=O)(=O)c3ccc(C)cc3)c(Cl)s2)cc1. The van der Waals surface area contributed by atoms with Gasteiger partial charge in [-0.2, -0.15) is 0 Å². The molecule has 1 heterocycles. The second-order valence-electron chi connectivity index (χ2n) is 5.73.